The van der Waals surface area contributed by atoms with Crippen molar-refractivity contribution < 1.29 is 4.79 Å². The molecular weight excluding hydrogens is 264 g/mol. The summed E-state index contributed by atoms with van der Waals surface area (Å²) in [5, 5.41) is 2.90. The molecule has 1 heterocycles. The van der Waals surface area contributed by atoms with Gasteiger partial charge in [0.15, 0.2) is 6.33 Å². The van der Waals surface area contributed by atoms with Crippen LogP contribution < -0.4 is 10.2 Å². The van der Waals surface area contributed by atoms with Gasteiger partial charge >= 0.3 is 0 Å². The number of nitrogens with zero attached hydrogens (tertiary/aromatic N) is 2. The number of carbonyl (C=O) groups is 1. The highest BCUT2D eigenvalue weighted by molar-refractivity contribution is 6.08. The maximum Gasteiger partial charge on any atom is 0.257 e. The monoisotopic (exact) mass is 279 g/mol. The Labute approximate surface area is 122 Å². The zero-order valence-electron chi connectivity index (χ0n) is 11.8. The molecule has 2 aromatic carbocycles. The number of benzene rings is 2. The van der Waals surface area contributed by atoms with Crippen LogP contribution >= 0.6 is 0 Å². The van der Waals surface area contributed by atoms with Crippen molar-refractivity contribution in [3.8, 4) is 0 Å². The Bertz CT molecular complexity index is 792. The summed E-state index contributed by atoms with van der Waals surface area (Å²) in [6.45, 7) is 0. The highest BCUT2D eigenvalue weighted by atomic mass is 16.1. The first-order valence-corrected chi connectivity index (χ1v) is 6.58. The maximum atomic E-state index is 12.4. The van der Waals surface area contributed by atoms with E-state index in [4.69, 9.17) is 0 Å². The van der Waals surface area contributed by atoms with Crippen molar-refractivity contribution >= 4 is 28.3 Å². The summed E-state index contributed by atoms with van der Waals surface area (Å²) in [6, 6.07) is 13.0. The van der Waals surface area contributed by atoms with Crippen LogP contribution in [-0.2, 0) is 0 Å². The fraction of sp³-hybridized carbons (Fsp3) is 0.125. The van der Waals surface area contributed by atoms with E-state index in [0.717, 1.165) is 16.7 Å². The molecule has 0 unspecified atom stereocenters. The van der Waals surface area contributed by atoms with Crippen LogP contribution in [-0.4, -0.2) is 30.0 Å². The van der Waals surface area contributed by atoms with Crippen molar-refractivity contribution in [3.63, 3.8) is 0 Å². The Kier molecular flexibility index (Phi) is 3.31. The fourth-order valence-electron chi connectivity index (χ4n) is 2.21. The second kappa shape index (κ2) is 5.28. The Balaban J connectivity index is 1.89. The molecule has 0 atom stereocenters. The normalized spacial score (nSPS) is 10.6. The van der Waals surface area contributed by atoms with Crippen molar-refractivity contribution in [1.29, 1.82) is 0 Å². The van der Waals surface area contributed by atoms with Gasteiger partial charge in [-0.05, 0) is 30.3 Å². The molecule has 1 amide bonds. The summed E-state index contributed by atoms with van der Waals surface area (Å²) in [4.78, 5) is 21.3. The minimum atomic E-state index is -0.141. The summed E-state index contributed by atoms with van der Waals surface area (Å²) in [5.74, 6) is -0.141. The van der Waals surface area contributed by atoms with E-state index < -0.39 is 0 Å². The zero-order valence-corrected chi connectivity index (χ0v) is 11.8. The van der Waals surface area contributed by atoms with Gasteiger partial charge in [-0.2, -0.15) is 0 Å². The summed E-state index contributed by atoms with van der Waals surface area (Å²) in [5.41, 5.74) is 3.89. The number of fused-ring (bicyclic) bond motifs is 1. The molecule has 0 fully saturated rings. The molecule has 5 nitrogen and oxygen atoms in total. The number of para-hydroxylation sites is 1. The molecule has 1 radical (unpaired) electrons. The van der Waals surface area contributed by atoms with E-state index in [-0.39, 0.29) is 5.91 Å². The number of hydrogen-bond donors (Lipinski definition) is 2. The first-order valence-electron chi connectivity index (χ1n) is 6.58. The summed E-state index contributed by atoms with van der Waals surface area (Å²) >= 11 is 0. The molecule has 0 spiro atoms. The quantitative estimate of drug-likeness (QED) is 0.775. The molecule has 1 aromatic heterocycles. The Morgan fingerprint density at radius 2 is 2.05 bits per heavy atom. The molecule has 5 heteroatoms. The van der Waals surface area contributed by atoms with Gasteiger partial charge in [0.05, 0.1) is 16.6 Å². The van der Waals surface area contributed by atoms with Crippen LogP contribution in [0, 0.1) is 6.33 Å². The lowest BCUT2D eigenvalue weighted by molar-refractivity contribution is 0.102. The van der Waals surface area contributed by atoms with Gasteiger partial charge in [-0.15, -0.1) is 0 Å². The molecule has 0 bridgehead atoms. The van der Waals surface area contributed by atoms with Crippen molar-refractivity contribution in [2.45, 2.75) is 0 Å². The predicted molar refractivity (Wildman–Crippen MR) is 83.7 cm³/mol. The first-order chi connectivity index (χ1) is 10.1. The first kappa shape index (κ1) is 13.2. The van der Waals surface area contributed by atoms with Gasteiger partial charge in [0, 0.05) is 25.5 Å². The number of aromatic amines is 1. The third kappa shape index (κ3) is 2.58. The summed E-state index contributed by atoms with van der Waals surface area (Å²) < 4.78 is 0. The van der Waals surface area contributed by atoms with E-state index in [1.165, 1.54) is 0 Å². The van der Waals surface area contributed by atoms with E-state index in [0.29, 0.717) is 11.3 Å². The largest absolute Gasteiger partial charge is 0.377 e. The molecule has 0 saturated heterocycles. The molecule has 3 rings (SSSR count). The highest BCUT2D eigenvalue weighted by Gasteiger charge is 2.12. The minimum Gasteiger partial charge on any atom is -0.377 e. The van der Waals surface area contributed by atoms with E-state index in [2.05, 4.69) is 21.6 Å². The van der Waals surface area contributed by atoms with Gasteiger partial charge in [-0.1, -0.05) is 12.1 Å². The lowest BCUT2D eigenvalue weighted by Crippen LogP contribution is -2.18. The summed E-state index contributed by atoms with van der Waals surface area (Å²) in [7, 11) is 3.83. The molecule has 3 aromatic rings. The van der Waals surface area contributed by atoms with E-state index in [1.807, 2.05) is 61.5 Å². The number of imidazole rings is 1. The number of rotatable bonds is 3. The van der Waals surface area contributed by atoms with Gasteiger partial charge in [0.25, 0.3) is 5.91 Å². The van der Waals surface area contributed by atoms with Crippen LogP contribution in [0.4, 0.5) is 11.4 Å². The third-order valence-electron chi connectivity index (χ3n) is 3.25. The van der Waals surface area contributed by atoms with Crippen LogP contribution in [0.1, 0.15) is 10.4 Å². The molecule has 0 aliphatic carbocycles. The Morgan fingerprint density at radius 1 is 1.24 bits per heavy atom. The number of hydrogen-bond acceptors (Lipinski definition) is 3. The Hall–Kier alpha value is -2.82. The second-order valence-corrected chi connectivity index (χ2v) is 4.95. The zero-order chi connectivity index (χ0) is 14.8. The number of H-pyrrole nitrogens is 1. The highest BCUT2D eigenvalue weighted by Crippen LogP contribution is 2.21. The fourth-order valence-corrected chi connectivity index (χ4v) is 2.21. The van der Waals surface area contributed by atoms with Gasteiger partial charge in [-0.25, -0.2) is 4.98 Å². The topological polar surface area (TPSA) is 61.0 Å². The van der Waals surface area contributed by atoms with E-state index in [9.17, 15) is 4.79 Å². The Morgan fingerprint density at radius 3 is 2.86 bits per heavy atom. The molecule has 2 N–H and O–H groups in total. The standard InChI is InChI=1S/C16H15N4O/c1-20(2)15-6-4-3-5-12(15)16(21)19-11-7-8-13-14(9-11)18-10-17-13/h3-9H,1-2H3,(H,17,18)(H,19,21). The smallest absolute Gasteiger partial charge is 0.257 e. The molecular formula is C16H15N4O. The van der Waals surface area contributed by atoms with E-state index >= 15 is 0 Å². The van der Waals surface area contributed by atoms with Crippen LogP contribution in [0.3, 0.4) is 0 Å². The van der Waals surface area contributed by atoms with Gasteiger partial charge < -0.3 is 15.2 Å². The van der Waals surface area contributed by atoms with Crippen molar-refractivity contribution in [3.05, 3.63) is 54.4 Å². The lowest BCUT2D eigenvalue weighted by Gasteiger charge is -2.16. The van der Waals surface area contributed by atoms with Crippen LogP contribution in [0.5, 0.6) is 0 Å². The summed E-state index contributed by atoms with van der Waals surface area (Å²) in [6.07, 6.45) is 2.68. The van der Waals surface area contributed by atoms with E-state index in [1.54, 1.807) is 0 Å². The third-order valence-corrected chi connectivity index (χ3v) is 3.25. The van der Waals surface area contributed by atoms with Crippen molar-refractivity contribution in [2.24, 2.45) is 0 Å². The van der Waals surface area contributed by atoms with Crippen LogP contribution in [0.15, 0.2) is 42.5 Å². The maximum absolute atomic E-state index is 12.4. The SMILES string of the molecule is CN(C)c1ccccc1C(=O)Nc1ccc2[nH][c]nc2c1. The van der Waals surface area contributed by atoms with Crippen molar-refractivity contribution in [2.75, 3.05) is 24.3 Å². The molecule has 105 valence electrons. The van der Waals surface area contributed by atoms with Gasteiger partial charge in [0.2, 0.25) is 0 Å². The molecule has 21 heavy (non-hydrogen) atoms. The van der Waals surface area contributed by atoms with Gasteiger partial charge in [-0.3, -0.25) is 4.79 Å². The average molecular weight is 279 g/mol. The lowest BCUT2D eigenvalue weighted by atomic mass is 10.1. The molecule has 0 aliphatic heterocycles. The molecule has 0 aliphatic rings. The van der Waals surface area contributed by atoms with Crippen LogP contribution in [0.2, 0.25) is 0 Å². The number of aromatic nitrogens is 2. The number of amides is 1. The second-order valence-electron chi connectivity index (χ2n) is 4.95. The van der Waals surface area contributed by atoms with Crippen LogP contribution in [0.25, 0.3) is 11.0 Å². The van der Waals surface area contributed by atoms with Gasteiger partial charge in [0.1, 0.15) is 0 Å². The van der Waals surface area contributed by atoms with Crippen molar-refractivity contribution in [1.82, 2.24) is 9.97 Å². The molecule has 0 saturated carbocycles. The number of carbonyl (C=O) groups excluding carboxylic acids is 1. The minimum absolute atomic E-state index is 0.141. The number of nitrogens with one attached hydrogen (secondary N) is 2. The number of anilines is 2. The predicted octanol–water partition coefficient (Wildman–Crippen LogP) is 2.68. The average Bonchev–Trinajstić information content (AvgIpc) is 2.94.